The Kier molecular flexibility index (Phi) is 5.54. The van der Waals surface area contributed by atoms with Crippen molar-refractivity contribution in [2.75, 3.05) is 11.6 Å². The second-order valence-electron chi connectivity index (χ2n) is 5.62. The van der Waals surface area contributed by atoms with Gasteiger partial charge in [-0.05, 0) is 48.6 Å². The van der Waals surface area contributed by atoms with Gasteiger partial charge in [-0.15, -0.1) is 23.1 Å². The molecule has 3 aromatic rings. The summed E-state index contributed by atoms with van der Waals surface area (Å²) in [5, 5.41) is 11.4. The number of aromatic nitrogens is 1. The van der Waals surface area contributed by atoms with Crippen LogP contribution in [0.2, 0.25) is 0 Å². The molecule has 3 rings (SSSR count). The fraction of sp³-hybridized carbons (Fsp3) is 0.111. The smallest absolute Gasteiger partial charge is 0.409 e. The zero-order valence-corrected chi connectivity index (χ0v) is 16.9. The van der Waals surface area contributed by atoms with Crippen molar-refractivity contribution in [2.45, 2.75) is 20.9 Å². The van der Waals surface area contributed by atoms with Gasteiger partial charge in [0.1, 0.15) is 5.00 Å². The van der Waals surface area contributed by atoms with Crippen LogP contribution in [0.1, 0.15) is 5.56 Å². The van der Waals surface area contributed by atoms with E-state index in [1.807, 2.05) is 19.1 Å². The van der Waals surface area contributed by atoms with E-state index in [2.05, 4.69) is 10.3 Å². The number of carboxylic acid groups (broad SMARTS) is 1. The molecule has 0 radical (unpaired) electrons. The molecule has 0 unspecified atom stereocenters. The van der Waals surface area contributed by atoms with Crippen molar-refractivity contribution in [2.24, 2.45) is 0 Å². The summed E-state index contributed by atoms with van der Waals surface area (Å²) in [5.41, 5.74) is 2.61. The molecule has 6 nitrogen and oxygen atoms in total. The molecule has 1 aromatic carbocycles. The van der Waals surface area contributed by atoms with Crippen molar-refractivity contribution >= 4 is 44.0 Å². The maximum atomic E-state index is 13.2. The van der Waals surface area contributed by atoms with Gasteiger partial charge in [-0.3, -0.25) is 10.3 Å². The molecule has 9 heteroatoms. The van der Waals surface area contributed by atoms with Crippen molar-refractivity contribution in [3.63, 3.8) is 0 Å². The lowest BCUT2D eigenvalue weighted by Crippen LogP contribution is -2.06. The molecule has 1 amide bonds. The van der Waals surface area contributed by atoms with Crippen LogP contribution in [0.4, 0.5) is 9.80 Å². The summed E-state index contributed by atoms with van der Waals surface area (Å²) in [4.78, 5) is 15.2. The highest BCUT2D eigenvalue weighted by molar-refractivity contribution is 8.01. The van der Waals surface area contributed by atoms with E-state index in [0.717, 1.165) is 28.0 Å². The van der Waals surface area contributed by atoms with Crippen LogP contribution in [0.5, 0.6) is 0 Å². The Morgan fingerprint density at radius 3 is 2.70 bits per heavy atom. The Balaban J connectivity index is 2.09. The van der Waals surface area contributed by atoms with E-state index in [4.69, 9.17) is 5.11 Å². The van der Waals surface area contributed by atoms with E-state index in [1.165, 1.54) is 23.9 Å². The van der Waals surface area contributed by atoms with Crippen LogP contribution < -0.4 is 5.32 Å². The monoisotopic (exact) mass is 420 g/mol. The van der Waals surface area contributed by atoms with Crippen LogP contribution in [0.25, 0.3) is 11.1 Å². The van der Waals surface area contributed by atoms with Gasteiger partial charge in [0.2, 0.25) is 9.84 Å². The molecule has 0 atom stereocenters. The molecule has 2 aromatic heterocycles. The van der Waals surface area contributed by atoms with Crippen molar-refractivity contribution in [1.82, 2.24) is 4.98 Å². The third-order valence-corrected chi connectivity index (χ3v) is 8.09. The molecule has 0 saturated carbocycles. The molecular formula is C18H16N2O4S3. The van der Waals surface area contributed by atoms with Gasteiger partial charge in [-0.2, -0.15) is 0 Å². The molecule has 140 valence electrons. The molecule has 0 aliphatic heterocycles. The summed E-state index contributed by atoms with van der Waals surface area (Å²) >= 11 is 2.36. The molecule has 2 heterocycles. The van der Waals surface area contributed by atoms with Crippen LogP contribution >= 0.6 is 23.1 Å². The molecular weight excluding hydrogens is 404 g/mol. The average Bonchev–Trinajstić information content (AvgIpc) is 3.05. The lowest BCUT2D eigenvalue weighted by atomic mass is 10.0. The zero-order chi connectivity index (χ0) is 19.6. The van der Waals surface area contributed by atoms with E-state index in [1.54, 1.807) is 30.8 Å². The van der Waals surface area contributed by atoms with E-state index < -0.39 is 15.9 Å². The van der Waals surface area contributed by atoms with Crippen LogP contribution in [-0.4, -0.2) is 30.9 Å². The van der Waals surface area contributed by atoms with Gasteiger partial charge >= 0.3 is 6.09 Å². The van der Waals surface area contributed by atoms with Gasteiger partial charge in [-0.25, -0.2) is 13.2 Å². The molecule has 0 saturated heterocycles. The first kappa shape index (κ1) is 19.4. The SMILES string of the molecule is CSc1sc(NC(=O)O)cc1S(=O)(=O)c1cccc(-c2cnccc2C)c1. The first-order valence-corrected chi connectivity index (χ1v) is 11.3. The quantitative estimate of drug-likeness (QED) is 0.578. The molecule has 2 N–H and O–H groups in total. The zero-order valence-electron chi connectivity index (χ0n) is 14.5. The Labute approximate surface area is 165 Å². The number of thioether (sulfide) groups is 1. The van der Waals surface area contributed by atoms with Crippen molar-refractivity contribution in [1.29, 1.82) is 0 Å². The van der Waals surface area contributed by atoms with Crippen molar-refractivity contribution < 1.29 is 18.3 Å². The van der Waals surface area contributed by atoms with Gasteiger partial charge in [0.05, 0.1) is 14.0 Å². The van der Waals surface area contributed by atoms with Crippen LogP contribution in [0.15, 0.2) is 62.8 Å². The van der Waals surface area contributed by atoms with Gasteiger partial charge in [0, 0.05) is 18.0 Å². The highest BCUT2D eigenvalue weighted by atomic mass is 32.2. The number of thiophene rings is 1. The number of hydrogen-bond donors (Lipinski definition) is 2. The summed E-state index contributed by atoms with van der Waals surface area (Å²) in [6, 6.07) is 9.91. The summed E-state index contributed by atoms with van der Waals surface area (Å²) in [5.74, 6) is 0. The first-order chi connectivity index (χ1) is 12.8. The van der Waals surface area contributed by atoms with Crippen molar-refractivity contribution in [3.8, 4) is 11.1 Å². The predicted octanol–water partition coefficient (Wildman–Crippen LogP) is 4.76. The van der Waals surface area contributed by atoms with E-state index in [0.29, 0.717) is 4.21 Å². The molecule has 0 fully saturated rings. The number of pyridine rings is 1. The minimum atomic E-state index is -3.80. The number of sulfone groups is 1. The van der Waals surface area contributed by atoms with Crippen LogP contribution in [0, 0.1) is 6.92 Å². The van der Waals surface area contributed by atoms with E-state index >= 15 is 0 Å². The maximum absolute atomic E-state index is 13.2. The Hall–Kier alpha value is -2.36. The van der Waals surface area contributed by atoms with E-state index in [-0.39, 0.29) is 14.8 Å². The number of nitrogens with zero attached hydrogens (tertiary/aromatic N) is 1. The highest BCUT2D eigenvalue weighted by Gasteiger charge is 2.25. The lowest BCUT2D eigenvalue weighted by molar-refractivity contribution is 0.210. The largest absolute Gasteiger partial charge is 0.465 e. The second-order valence-corrected chi connectivity index (χ2v) is 9.66. The van der Waals surface area contributed by atoms with Crippen molar-refractivity contribution in [3.05, 3.63) is 54.4 Å². The third-order valence-electron chi connectivity index (χ3n) is 3.87. The van der Waals surface area contributed by atoms with E-state index in [9.17, 15) is 13.2 Å². The maximum Gasteiger partial charge on any atom is 0.409 e. The van der Waals surface area contributed by atoms with Gasteiger partial charge in [0.15, 0.2) is 0 Å². The summed E-state index contributed by atoms with van der Waals surface area (Å²) in [7, 11) is -3.80. The summed E-state index contributed by atoms with van der Waals surface area (Å²) in [6.07, 6.45) is 3.91. The number of amides is 1. The number of carbonyl (C=O) groups is 1. The summed E-state index contributed by atoms with van der Waals surface area (Å²) in [6.45, 7) is 1.94. The predicted molar refractivity (Wildman–Crippen MR) is 108 cm³/mol. The topological polar surface area (TPSA) is 96.4 Å². The first-order valence-electron chi connectivity index (χ1n) is 7.77. The normalized spacial score (nSPS) is 11.3. The Morgan fingerprint density at radius 1 is 1.26 bits per heavy atom. The number of aryl methyl sites for hydroxylation is 1. The van der Waals surface area contributed by atoms with Gasteiger partial charge in [0.25, 0.3) is 0 Å². The number of nitrogens with one attached hydrogen (secondary N) is 1. The van der Waals surface area contributed by atoms with Crippen LogP contribution in [-0.2, 0) is 9.84 Å². The number of benzene rings is 1. The average molecular weight is 421 g/mol. The standard InChI is InChI=1S/C18H16N2O4S3/c1-11-6-7-19-10-14(11)12-4-3-5-13(8-12)27(23,24)15-9-16(20-18(21)22)26-17(15)25-2/h3-10,20H,1-2H3,(H,21,22). The number of rotatable bonds is 5. The fourth-order valence-electron chi connectivity index (χ4n) is 2.58. The number of hydrogen-bond acceptors (Lipinski definition) is 6. The van der Waals surface area contributed by atoms with Gasteiger partial charge in [-0.1, -0.05) is 12.1 Å². The minimum absolute atomic E-state index is 0.101. The molecule has 0 aliphatic carbocycles. The summed E-state index contributed by atoms with van der Waals surface area (Å²) < 4.78 is 26.9. The molecule has 0 bridgehead atoms. The number of anilines is 1. The fourth-order valence-corrected chi connectivity index (χ4v) is 6.51. The third kappa shape index (κ3) is 4.00. The molecule has 0 aliphatic rings. The highest BCUT2D eigenvalue weighted by Crippen LogP contribution is 2.40. The van der Waals surface area contributed by atoms with Gasteiger partial charge < -0.3 is 5.11 Å². The molecule has 0 spiro atoms. The lowest BCUT2D eigenvalue weighted by Gasteiger charge is -2.09. The Morgan fingerprint density at radius 2 is 2.04 bits per heavy atom. The Bertz CT molecular complexity index is 1110. The minimum Gasteiger partial charge on any atom is -0.465 e. The molecule has 27 heavy (non-hydrogen) atoms. The second kappa shape index (κ2) is 7.71. The van der Waals surface area contributed by atoms with Crippen LogP contribution in [0.3, 0.4) is 0 Å².